The standard InChI is InChI=1S/C21H18F3N3O4S/c1-2-31-19(30)12-6-8-14(9-7-12)25-17(28)11-16-18(29)27-20(32-16)26-15-5-3-4-13(10-15)21(22,23)24/h3-10,16H,2,11H2,1H3,(H,25,28)(H,26,27,29). The fourth-order valence-electron chi connectivity index (χ4n) is 2.75. The van der Waals surface area contributed by atoms with Crippen LogP contribution in [0.1, 0.15) is 29.3 Å². The van der Waals surface area contributed by atoms with Crippen molar-refractivity contribution < 1.29 is 32.3 Å². The molecule has 2 N–H and O–H groups in total. The Bertz CT molecular complexity index is 1060. The first kappa shape index (κ1) is 23.3. The van der Waals surface area contributed by atoms with Crippen molar-refractivity contribution >= 4 is 46.1 Å². The zero-order valence-corrected chi connectivity index (χ0v) is 17.5. The lowest BCUT2D eigenvalue weighted by Crippen LogP contribution is -2.28. The number of hydrogen-bond acceptors (Lipinski definition) is 6. The number of nitrogens with one attached hydrogen (secondary N) is 2. The van der Waals surface area contributed by atoms with Crippen LogP contribution < -0.4 is 10.6 Å². The van der Waals surface area contributed by atoms with Gasteiger partial charge in [-0.2, -0.15) is 13.2 Å². The number of anilines is 1. The molecule has 0 spiro atoms. The number of rotatable bonds is 6. The summed E-state index contributed by atoms with van der Waals surface area (Å²) in [7, 11) is 0. The van der Waals surface area contributed by atoms with Gasteiger partial charge in [0.05, 0.1) is 23.4 Å². The van der Waals surface area contributed by atoms with Gasteiger partial charge in [0.25, 0.3) is 0 Å². The fraction of sp³-hybridized carbons (Fsp3) is 0.238. The van der Waals surface area contributed by atoms with Crippen molar-refractivity contribution in [1.82, 2.24) is 5.32 Å². The van der Waals surface area contributed by atoms with Gasteiger partial charge in [0.1, 0.15) is 5.25 Å². The summed E-state index contributed by atoms with van der Waals surface area (Å²) < 4.78 is 43.4. The number of aliphatic imine (C=N–C) groups is 1. The SMILES string of the molecule is CCOC(=O)c1ccc(NC(=O)CC2SC(=Nc3cccc(C(F)(F)F)c3)NC2=O)cc1. The van der Waals surface area contributed by atoms with Gasteiger partial charge >= 0.3 is 12.1 Å². The van der Waals surface area contributed by atoms with Crippen LogP contribution >= 0.6 is 11.8 Å². The zero-order chi connectivity index (χ0) is 23.3. The third-order valence-corrected chi connectivity index (χ3v) is 5.31. The van der Waals surface area contributed by atoms with Crippen molar-refractivity contribution in [1.29, 1.82) is 0 Å². The molecule has 1 unspecified atom stereocenters. The summed E-state index contributed by atoms with van der Waals surface area (Å²) in [6.07, 6.45) is -4.67. The number of nitrogens with zero attached hydrogens (tertiary/aromatic N) is 1. The minimum absolute atomic E-state index is 0.0365. The molecule has 1 atom stereocenters. The summed E-state index contributed by atoms with van der Waals surface area (Å²) in [5.41, 5.74) is -0.0386. The van der Waals surface area contributed by atoms with Crippen LogP contribution in [0.5, 0.6) is 0 Å². The van der Waals surface area contributed by atoms with Crippen LogP contribution in [0, 0.1) is 0 Å². The molecule has 7 nitrogen and oxygen atoms in total. The van der Waals surface area contributed by atoms with Gasteiger partial charge in [-0.25, -0.2) is 9.79 Å². The molecule has 2 aromatic carbocycles. The molecule has 168 valence electrons. The topological polar surface area (TPSA) is 96.9 Å². The predicted molar refractivity (Wildman–Crippen MR) is 114 cm³/mol. The third kappa shape index (κ3) is 6.10. The molecule has 0 radical (unpaired) electrons. The van der Waals surface area contributed by atoms with Crippen LogP contribution in [0.25, 0.3) is 0 Å². The highest BCUT2D eigenvalue weighted by Crippen LogP contribution is 2.32. The summed E-state index contributed by atoms with van der Waals surface area (Å²) in [5, 5.41) is 4.44. The number of halogens is 3. The highest BCUT2D eigenvalue weighted by atomic mass is 32.2. The van der Waals surface area contributed by atoms with Crippen LogP contribution in [0.3, 0.4) is 0 Å². The van der Waals surface area contributed by atoms with Crippen molar-refractivity contribution in [2.45, 2.75) is 24.8 Å². The highest BCUT2D eigenvalue weighted by Gasteiger charge is 2.33. The molecule has 0 bridgehead atoms. The Morgan fingerprint density at radius 1 is 1.19 bits per heavy atom. The number of alkyl halides is 3. The first-order chi connectivity index (χ1) is 15.2. The van der Waals surface area contributed by atoms with Crippen LogP contribution in [0.2, 0.25) is 0 Å². The van der Waals surface area contributed by atoms with E-state index in [0.29, 0.717) is 11.3 Å². The summed E-state index contributed by atoms with van der Waals surface area (Å²) >= 11 is 0.964. The van der Waals surface area contributed by atoms with E-state index in [9.17, 15) is 27.6 Å². The molecule has 3 rings (SSSR count). The lowest BCUT2D eigenvalue weighted by molar-refractivity contribution is -0.137. The van der Waals surface area contributed by atoms with Crippen molar-refractivity contribution in [3.8, 4) is 0 Å². The molecule has 0 aliphatic carbocycles. The van der Waals surface area contributed by atoms with Gasteiger partial charge in [0.15, 0.2) is 5.17 Å². The van der Waals surface area contributed by atoms with E-state index in [1.165, 1.54) is 36.4 Å². The third-order valence-electron chi connectivity index (χ3n) is 4.23. The molecule has 1 saturated heterocycles. The van der Waals surface area contributed by atoms with Gasteiger partial charge in [-0.05, 0) is 49.4 Å². The van der Waals surface area contributed by atoms with E-state index in [4.69, 9.17) is 4.74 Å². The normalized spacial score (nSPS) is 17.2. The Labute approximate surface area is 185 Å². The van der Waals surface area contributed by atoms with Gasteiger partial charge in [0.2, 0.25) is 11.8 Å². The molecule has 2 aromatic rings. The molecule has 11 heteroatoms. The molecular formula is C21H18F3N3O4S. The second-order valence-electron chi connectivity index (χ2n) is 6.61. The average molecular weight is 465 g/mol. The van der Waals surface area contributed by atoms with Crippen LogP contribution in [0.4, 0.5) is 24.5 Å². The molecule has 0 aromatic heterocycles. The first-order valence-corrected chi connectivity index (χ1v) is 10.3. The lowest BCUT2D eigenvalue weighted by Gasteiger charge is -2.08. The second-order valence-corrected chi connectivity index (χ2v) is 7.80. The Morgan fingerprint density at radius 3 is 2.56 bits per heavy atom. The minimum atomic E-state index is -4.50. The molecule has 0 saturated carbocycles. The van der Waals surface area contributed by atoms with E-state index < -0.39 is 34.8 Å². The number of carbonyl (C=O) groups is 3. The summed E-state index contributed by atoms with van der Waals surface area (Å²) in [4.78, 5) is 40.1. The second kappa shape index (κ2) is 9.86. The number of benzene rings is 2. The largest absolute Gasteiger partial charge is 0.462 e. The molecule has 1 aliphatic rings. The number of esters is 1. The maximum atomic E-state index is 12.8. The van der Waals surface area contributed by atoms with Crippen LogP contribution in [-0.2, 0) is 20.5 Å². The Morgan fingerprint density at radius 2 is 1.91 bits per heavy atom. The maximum absolute atomic E-state index is 12.8. The molecule has 1 heterocycles. The van der Waals surface area contributed by atoms with E-state index in [-0.39, 0.29) is 23.9 Å². The van der Waals surface area contributed by atoms with Crippen molar-refractivity contribution in [3.05, 3.63) is 59.7 Å². The van der Waals surface area contributed by atoms with Crippen LogP contribution in [0.15, 0.2) is 53.5 Å². The lowest BCUT2D eigenvalue weighted by atomic mass is 10.2. The van der Waals surface area contributed by atoms with Gasteiger partial charge in [-0.1, -0.05) is 17.8 Å². The molecule has 1 aliphatic heterocycles. The summed E-state index contributed by atoms with van der Waals surface area (Å²) in [6.45, 7) is 1.94. The number of carbonyl (C=O) groups excluding carboxylic acids is 3. The fourth-order valence-corrected chi connectivity index (χ4v) is 3.73. The van der Waals surface area contributed by atoms with E-state index in [1.807, 2.05) is 0 Å². The Hall–Kier alpha value is -3.34. The quantitative estimate of drug-likeness (QED) is 0.626. The molecule has 1 fully saturated rings. The van der Waals surface area contributed by atoms with Gasteiger partial charge in [0, 0.05) is 12.1 Å². The molecular weight excluding hydrogens is 447 g/mol. The van der Waals surface area contributed by atoms with E-state index in [0.717, 1.165) is 23.9 Å². The van der Waals surface area contributed by atoms with Gasteiger partial charge in [-0.15, -0.1) is 0 Å². The number of ether oxygens (including phenoxy) is 1. The Balaban J connectivity index is 1.59. The number of thioether (sulfide) groups is 1. The minimum Gasteiger partial charge on any atom is -0.462 e. The number of hydrogen-bond donors (Lipinski definition) is 2. The zero-order valence-electron chi connectivity index (χ0n) is 16.7. The van der Waals surface area contributed by atoms with E-state index in [2.05, 4.69) is 15.6 Å². The Kier molecular flexibility index (Phi) is 7.18. The summed E-state index contributed by atoms with van der Waals surface area (Å²) in [6, 6.07) is 10.5. The predicted octanol–water partition coefficient (Wildman–Crippen LogP) is 4.13. The smallest absolute Gasteiger partial charge is 0.416 e. The monoisotopic (exact) mass is 465 g/mol. The van der Waals surface area contributed by atoms with Gasteiger partial charge < -0.3 is 15.4 Å². The van der Waals surface area contributed by atoms with E-state index >= 15 is 0 Å². The molecule has 2 amide bonds. The molecule has 32 heavy (non-hydrogen) atoms. The van der Waals surface area contributed by atoms with Crippen molar-refractivity contribution in [2.75, 3.05) is 11.9 Å². The van der Waals surface area contributed by atoms with Crippen molar-refractivity contribution in [3.63, 3.8) is 0 Å². The average Bonchev–Trinajstić information content (AvgIpc) is 3.06. The summed E-state index contributed by atoms with van der Waals surface area (Å²) in [5.74, 6) is -1.38. The number of amides is 2. The number of amidine groups is 1. The maximum Gasteiger partial charge on any atom is 0.416 e. The van der Waals surface area contributed by atoms with Gasteiger partial charge in [-0.3, -0.25) is 9.59 Å². The van der Waals surface area contributed by atoms with E-state index in [1.54, 1.807) is 6.92 Å². The highest BCUT2D eigenvalue weighted by molar-refractivity contribution is 8.15. The first-order valence-electron chi connectivity index (χ1n) is 9.46. The van der Waals surface area contributed by atoms with Crippen molar-refractivity contribution in [2.24, 2.45) is 4.99 Å². The van der Waals surface area contributed by atoms with Crippen LogP contribution in [-0.4, -0.2) is 34.8 Å².